The normalized spacial score (nSPS) is 10.8. The molecular formula is C11H14F2O3S. The van der Waals surface area contributed by atoms with Gasteiger partial charge in [-0.15, -0.1) is 0 Å². The SMILES string of the molecule is CCCCOC(=O)c1ccc(CSC(F)F)o1. The Kier molecular flexibility index (Phi) is 6.04. The monoisotopic (exact) mass is 264 g/mol. The fourth-order valence-corrected chi connectivity index (χ4v) is 1.54. The van der Waals surface area contributed by atoms with Gasteiger partial charge in [-0.05, 0) is 18.6 Å². The fraction of sp³-hybridized carbons (Fsp3) is 0.545. The highest BCUT2D eigenvalue weighted by Crippen LogP contribution is 2.21. The van der Waals surface area contributed by atoms with E-state index in [0.29, 0.717) is 24.1 Å². The van der Waals surface area contributed by atoms with E-state index >= 15 is 0 Å². The number of hydrogen-bond donors (Lipinski definition) is 0. The van der Waals surface area contributed by atoms with E-state index in [2.05, 4.69) is 0 Å². The summed E-state index contributed by atoms with van der Waals surface area (Å²) < 4.78 is 33.9. The van der Waals surface area contributed by atoms with Crippen molar-refractivity contribution in [1.29, 1.82) is 0 Å². The van der Waals surface area contributed by atoms with E-state index in [4.69, 9.17) is 9.15 Å². The van der Waals surface area contributed by atoms with Crippen LogP contribution >= 0.6 is 11.8 Å². The lowest BCUT2D eigenvalue weighted by molar-refractivity contribution is 0.0462. The summed E-state index contributed by atoms with van der Waals surface area (Å²) >= 11 is 0.452. The van der Waals surface area contributed by atoms with Crippen LogP contribution in [0, 0.1) is 0 Å². The van der Waals surface area contributed by atoms with Gasteiger partial charge >= 0.3 is 5.97 Å². The zero-order chi connectivity index (χ0) is 12.7. The molecule has 1 heterocycles. The standard InChI is InChI=1S/C11H14F2O3S/c1-2-3-6-15-10(14)9-5-4-8(16-9)7-17-11(12)13/h4-5,11H,2-3,6-7H2,1H3. The van der Waals surface area contributed by atoms with Crippen molar-refractivity contribution >= 4 is 17.7 Å². The number of carbonyl (C=O) groups excluding carboxylic acids is 1. The van der Waals surface area contributed by atoms with Gasteiger partial charge in [0, 0.05) is 0 Å². The molecule has 0 unspecified atom stereocenters. The molecule has 3 nitrogen and oxygen atoms in total. The molecule has 0 aliphatic carbocycles. The number of hydrogen-bond acceptors (Lipinski definition) is 4. The summed E-state index contributed by atoms with van der Waals surface area (Å²) in [6.45, 7) is 2.33. The van der Waals surface area contributed by atoms with E-state index in [9.17, 15) is 13.6 Å². The van der Waals surface area contributed by atoms with Crippen LogP contribution in [0.4, 0.5) is 8.78 Å². The van der Waals surface area contributed by atoms with Crippen molar-refractivity contribution in [3.05, 3.63) is 23.7 Å². The number of alkyl halides is 2. The highest BCUT2D eigenvalue weighted by atomic mass is 32.2. The molecule has 0 spiro atoms. The molecule has 0 N–H and O–H groups in total. The smallest absolute Gasteiger partial charge is 0.374 e. The molecule has 0 aromatic carbocycles. The number of ether oxygens (including phenoxy) is 1. The largest absolute Gasteiger partial charge is 0.460 e. The Labute approximate surface area is 103 Å². The molecule has 17 heavy (non-hydrogen) atoms. The third-order valence-corrected chi connectivity index (χ3v) is 2.65. The first-order chi connectivity index (χ1) is 8.13. The van der Waals surface area contributed by atoms with Gasteiger partial charge in [0.05, 0.1) is 12.4 Å². The summed E-state index contributed by atoms with van der Waals surface area (Å²) in [7, 11) is 0. The Morgan fingerprint density at radius 1 is 1.53 bits per heavy atom. The quantitative estimate of drug-likeness (QED) is 0.556. The number of rotatable bonds is 7. The van der Waals surface area contributed by atoms with Crippen LogP contribution in [-0.2, 0) is 10.5 Å². The maximum atomic E-state index is 11.9. The molecule has 96 valence electrons. The molecule has 0 radical (unpaired) electrons. The summed E-state index contributed by atoms with van der Waals surface area (Å²) in [6, 6.07) is 2.95. The zero-order valence-corrected chi connectivity index (χ0v) is 10.3. The summed E-state index contributed by atoms with van der Waals surface area (Å²) in [5, 5.41) is 0. The highest BCUT2D eigenvalue weighted by Gasteiger charge is 2.13. The topological polar surface area (TPSA) is 39.4 Å². The second kappa shape index (κ2) is 7.32. The average molecular weight is 264 g/mol. The van der Waals surface area contributed by atoms with Gasteiger partial charge in [-0.2, -0.15) is 8.78 Å². The van der Waals surface area contributed by atoms with Gasteiger partial charge in [0.25, 0.3) is 5.76 Å². The molecule has 0 fully saturated rings. The van der Waals surface area contributed by atoms with Crippen LogP contribution in [-0.4, -0.2) is 18.3 Å². The number of furan rings is 1. The van der Waals surface area contributed by atoms with Crippen molar-refractivity contribution in [1.82, 2.24) is 0 Å². The minimum Gasteiger partial charge on any atom is -0.460 e. The van der Waals surface area contributed by atoms with Crippen molar-refractivity contribution in [2.45, 2.75) is 31.3 Å². The van der Waals surface area contributed by atoms with Crippen LogP contribution in [0.3, 0.4) is 0 Å². The van der Waals surface area contributed by atoms with Crippen molar-refractivity contribution in [2.24, 2.45) is 0 Å². The van der Waals surface area contributed by atoms with Crippen LogP contribution in [0.2, 0.25) is 0 Å². The van der Waals surface area contributed by atoms with Gasteiger partial charge in [0.15, 0.2) is 0 Å². The molecule has 0 amide bonds. The molecule has 1 aromatic rings. The molecule has 6 heteroatoms. The second-order valence-corrected chi connectivity index (χ2v) is 4.31. The Hall–Kier alpha value is -1.04. The van der Waals surface area contributed by atoms with Crippen molar-refractivity contribution in [2.75, 3.05) is 6.61 Å². The van der Waals surface area contributed by atoms with E-state index in [1.54, 1.807) is 0 Å². The lowest BCUT2D eigenvalue weighted by Crippen LogP contribution is -2.04. The number of thioether (sulfide) groups is 1. The number of carbonyl (C=O) groups is 1. The molecular weight excluding hydrogens is 250 g/mol. The number of halogens is 2. The Morgan fingerprint density at radius 2 is 2.29 bits per heavy atom. The third-order valence-electron chi connectivity index (χ3n) is 1.95. The molecule has 0 saturated carbocycles. The van der Waals surface area contributed by atoms with Gasteiger partial charge in [-0.25, -0.2) is 4.79 Å². The van der Waals surface area contributed by atoms with Crippen LogP contribution in [0.1, 0.15) is 36.1 Å². The van der Waals surface area contributed by atoms with Gasteiger partial charge in [0.2, 0.25) is 5.76 Å². The van der Waals surface area contributed by atoms with Crippen molar-refractivity contribution in [3.8, 4) is 0 Å². The van der Waals surface area contributed by atoms with Crippen molar-refractivity contribution in [3.63, 3.8) is 0 Å². The minimum atomic E-state index is -2.44. The molecule has 1 aromatic heterocycles. The van der Waals surface area contributed by atoms with Gasteiger partial charge in [-0.1, -0.05) is 25.1 Å². The number of unbranched alkanes of at least 4 members (excludes halogenated alkanes) is 1. The Bertz CT molecular complexity index is 352. The minimum absolute atomic E-state index is 0.0416. The summed E-state index contributed by atoms with van der Waals surface area (Å²) in [5.41, 5.74) is 0. The average Bonchev–Trinajstić information content (AvgIpc) is 2.75. The van der Waals surface area contributed by atoms with Gasteiger partial charge < -0.3 is 9.15 Å². The van der Waals surface area contributed by atoms with Crippen molar-refractivity contribution < 1.29 is 22.7 Å². The van der Waals surface area contributed by atoms with Crippen LogP contribution in [0.25, 0.3) is 0 Å². The second-order valence-electron chi connectivity index (χ2n) is 3.33. The molecule has 0 aliphatic heterocycles. The van der Waals surface area contributed by atoms with Crippen LogP contribution in [0.15, 0.2) is 16.5 Å². The maximum absolute atomic E-state index is 11.9. The Morgan fingerprint density at radius 3 is 2.94 bits per heavy atom. The zero-order valence-electron chi connectivity index (χ0n) is 9.45. The predicted octanol–water partition coefficient (Wildman–Crippen LogP) is 3.69. The predicted molar refractivity (Wildman–Crippen MR) is 61.2 cm³/mol. The molecule has 0 saturated heterocycles. The number of esters is 1. The maximum Gasteiger partial charge on any atom is 0.374 e. The molecule has 0 atom stereocenters. The Balaban J connectivity index is 2.41. The molecule has 1 rings (SSSR count). The first kappa shape index (κ1) is 14.0. The van der Waals surface area contributed by atoms with E-state index in [-0.39, 0.29) is 11.5 Å². The summed E-state index contributed by atoms with van der Waals surface area (Å²) in [5.74, 6) is -2.55. The van der Waals surface area contributed by atoms with Gasteiger partial charge in [0.1, 0.15) is 5.76 Å². The van der Waals surface area contributed by atoms with E-state index in [1.807, 2.05) is 6.92 Å². The lowest BCUT2D eigenvalue weighted by Gasteiger charge is -2.00. The first-order valence-electron chi connectivity index (χ1n) is 5.29. The molecule has 0 aliphatic rings. The first-order valence-corrected chi connectivity index (χ1v) is 6.34. The highest BCUT2D eigenvalue weighted by molar-refractivity contribution is 7.98. The molecule has 0 bridgehead atoms. The van der Waals surface area contributed by atoms with E-state index < -0.39 is 11.7 Å². The third kappa shape index (κ3) is 5.21. The van der Waals surface area contributed by atoms with E-state index in [1.165, 1.54) is 12.1 Å². The lowest BCUT2D eigenvalue weighted by atomic mass is 10.4. The summed E-state index contributed by atoms with van der Waals surface area (Å²) in [6.07, 6.45) is 1.72. The fourth-order valence-electron chi connectivity index (χ4n) is 1.09. The van der Waals surface area contributed by atoms with Crippen LogP contribution < -0.4 is 0 Å². The summed E-state index contributed by atoms with van der Waals surface area (Å²) in [4.78, 5) is 11.4. The van der Waals surface area contributed by atoms with E-state index in [0.717, 1.165) is 12.8 Å². The van der Waals surface area contributed by atoms with Crippen LogP contribution in [0.5, 0.6) is 0 Å². The van der Waals surface area contributed by atoms with Gasteiger partial charge in [-0.3, -0.25) is 0 Å².